The first kappa shape index (κ1) is 14.0. The fourth-order valence-corrected chi connectivity index (χ4v) is 1.61. The minimum absolute atomic E-state index is 0.184. The highest BCUT2D eigenvalue weighted by molar-refractivity contribution is 5.74. The van der Waals surface area contributed by atoms with Crippen LogP contribution in [0.5, 0.6) is 0 Å². The Bertz CT molecular complexity index is 501. The first-order valence-electron chi connectivity index (χ1n) is 5.45. The fourth-order valence-electron chi connectivity index (χ4n) is 1.61. The molecule has 0 bridgehead atoms. The molecule has 0 amide bonds. The van der Waals surface area contributed by atoms with Crippen molar-refractivity contribution >= 4 is 11.7 Å². The third-order valence-electron chi connectivity index (χ3n) is 2.47. The summed E-state index contributed by atoms with van der Waals surface area (Å²) in [6, 6.07) is 5.85. The number of hydrogen-bond acceptors (Lipinski definition) is 3. The van der Waals surface area contributed by atoms with E-state index in [0.717, 1.165) is 6.07 Å². The number of hydrogen-bond donors (Lipinski definition) is 1. The van der Waals surface area contributed by atoms with Gasteiger partial charge in [0.2, 0.25) is 0 Å². The number of carboxylic acids is 1. The molecule has 0 unspecified atom stereocenters. The van der Waals surface area contributed by atoms with Crippen LogP contribution in [0.15, 0.2) is 18.2 Å². The monoisotopic (exact) mass is 250 g/mol. The summed E-state index contributed by atoms with van der Waals surface area (Å²) in [7, 11) is 0. The average Bonchev–Trinajstić information content (AvgIpc) is 2.24. The number of carbonyl (C=O) groups is 1. The summed E-state index contributed by atoms with van der Waals surface area (Å²) in [5.41, 5.74) is -0.141. The fraction of sp³-hybridized carbons (Fsp3) is 0.385. The van der Waals surface area contributed by atoms with Crippen LogP contribution in [-0.2, 0) is 4.79 Å². The zero-order chi connectivity index (χ0) is 13.9. The Labute approximate surface area is 105 Å². The maximum atomic E-state index is 13.9. The first-order valence-corrected chi connectivity index (χ1v) is 5.45. The number of nitrogens with zero attached hydrogens (tertiary/aromatic N) is 2. The van der Waals surface area contributed by atoms with Gasteiger partial charge in [-0.2, -0.15) is 5.26 Å². The highest BCUT2D eigenvalue weighted by Gasteiger charge is 2.26. The lowest BCUT2D eigenvalue weighted by Crippen LogP contribution is -2.45. The summed E-state index contributed by atoms with van der Waals surface area (Å²) < 4.78 is 13.9. The molecule has 0 fully saturated rings. The molecule has 0 aliphatic rings. The molecule has 0 radical (unpaired) electrons. The second-order valence-electron chi connectivity index (χ2n) is 4.93. The van der Waals surface area contributed by atoms with Crippen LogP contribution in [0.1, 0.15) is 26.3 Å². The van der Waals surface area contributed by atoms with Gasteiger partial charge in [-0.25, -0.2) is 4.39 Å². The number of rotatable bonds is 3. The van der Waals surface area contributed by atoms with E-state index < -0.39 is 17.3 Å². The van der Waals surface area contributed by atoms with Crippen LogP contribution in [0.3, 0.4) is 0 Å². The molecule has 0 aromatic heterocycles. The quantitative estimate of drug-likeness (QED) is 0.894. The van der Waals surface area contributed by atoms with E-state index >= 15 is 0 Å². The zero-order valence-electron chi connectivity index (χ0n) is 10.6. The van der Waals surface area contributed by atoms with Crippen LogP contribution in [0.2, 0.25) is 0 Å². The third kappa shape index (κ3) is 3.20. The Balaban J connectivity index is 3.22. The lowest BCUT2D eigenvalue weighted by Gasteiger charge is -2.36. The van der Waals surface area contributed by atoms with E-state index in [2.05, 4.69) is 0 Å². The van der Waals surface area contributed by atoms with E-state index in [-0.39, 0.29) is 17.8 Å². The molecule has 0 saturated heterocycles. The smallest absolute Gasteiger partial charge is 0.323 e. The standard InChI is InChI=1S/C13H15FN2O2/c1-13(2,3)16(8-12(17)18)11-5-4-9(7-15)6-10(11)14/h4-6H,8H2,1-3H3,(H,17,18). The Hall–Kier alpha value is -2.09. The van der Waals surface area contributed by atoms with Gasteiger partial charge >= 0.3 is 5.97 Å². The maximum Gasteiger partial charge on any atom is 0.323 e. The number of anilines is 1. The molecule has 0 aliphatic carbocycles. The van der Waals surface area contributed by atoms with Gasteiger partial charge in [0.15, 0.2) is 0 Å². The van der Waals surface area contributed by atoms with Crippen LogP contribution >= 0.6 is 0 Å². The highest BCUT2D eigenvalue weighted by Crippen LogP contribution is 2.27. The van der Waals surface area contributed by atoms with Crippen LogP contribution in [0.4, 0.5) is 10.1 Å². The van der Waals surface area contributed by atoms with Crippen molar-refractivity contribution in [3.63, 3.8) is 0 Å². The maximum absolute atomic E-state index is 13.9. The molecule has 0 atom stereocenters. The first-order chi connectivity index (χ1) is 8.25. The number of carboxylic acid groups (broad SMARTS) is 1. The number of nitriles is 1. The number of halogens is 1. The molecule has 4 nitrogen and oxygen atoms in total. The molecule has 1 rings (SSSR count). The van der Waals surface area contributed by atoms with Crippen molar-refractivity contribution in [2.75, 3.05) is 11.4 Å². The van der Waals surface area contributed by atoms with Crippen LogP contribution < -0.4 is 4.90 Å². The summed E-state index contributed by atoms with van der Waals surface area (Å²) >= 11 is 0. The van der Waals surface area contributed by atoms with E-state index in [0.29, 0.717) is 0 Å². The third-order valence-corrected chi connectivity index (χ3v) is 2.47. The van der Waals surface area contributed by atoms with Gasteiger partial charge in [0, 0.05) is 5.54 Å². The minimum Gasteiger partial charge on any atom is -0.480 e. The molecule has 1 N–H and O–H groups in total. The molecule has 0 heterocycles. The van der Waals surface area contributed by atoms with Crippen molar-refractivity contribution in [1.29, 1.82) is 5.26 Å². The van der Waals surface area contributed by atoms with Crippen molar-refractivity contribution in [1.82, 2.24) is 0 Å². The normalized spacial score (nSPS) is 10.8. The zero-order valence-corrected chi connectivity index (χ0v) is 10.6. The van der Waals surface area contributed by atoms with Crippen molar-refractivity contribution in [2.24, 2.45) is 0 Å². The SMILES string of the molecule is CC(C)(C)N(CC(=O)O)c1ccc(C#N)cc1F. The molecule has 1 aromatic carbocycles. The number of benzene rings is 1. The molecule has 96 valence electrons. The predicted octanol–water partition coefficient (Wildman–Crippen LogP) is 2.39. The predicted molar refractivity (Wildman–Crippen MR) is 65.8 cm³/mol. The summed E-state index contributed by atoms with van der Waals surface area (Å²) in [6.45, 7) is 5.10. The molecular weight excluding hydrogens is 235 g/mol. The lowest BCUT2D eigenvalue weighted by molar-refractivity contribution is -0.135. The average molecular weight is 250 g/mol. The summed E-state index contributed by atoms with van der Waals surface area (Å²) in [6.07, 6.45) is 0. The van der Waals surface area contributed by atoms with Crippen molar-refractivity contribution in [2.45, 2.75) is 26.3 Å². The van der Waals surface area contributed by atoms with Crippen LogP contribution in [0, 0.1) is 17.1 Å². The summed E-state index contributed by atoms with van der Waals surface area (Å²) in [4.78, 5) is 12.3. The molecule has 5 heteroatoms. The van der Waals surface area contributed by atoms with Gasteiger partial charge in [-0.1, -0.05) is 0 Å². The number of aliphatic carboxylic acids is 1. The second-order valence-corrected chi connectivity index (χ2v) is 4.93. The van der Waals surface area contributed by atoms with Gasteiger partial charge in [-0.05, 0) is 39.0 Å². The lowest BCUT2D eigenvalue weighted by atomic mass is 10.0. The van der Waals surface area contributed by atoms with Crippen molar-refractivity contribution in [3.8, 4) is 6.07 Å². The Morgan fingerprint density at radius 1 is 1.50 bits per heavy atom. The van der Waals surface area contributed by atoms with Gasteiger partial charge in [-0.3, -0.25) is 4.79 Å². The molecule has 18 heavy (non-hydrogen) atoms. The van der Waals surface area contributed by atoms with E-state index in [4.69, 9.17) is 10.4 Å². The van der Waals surface area contributed by atoms with Gasteiger partial charge in [0.05, 0.1) is 17.3 Å². The van der Waals surface area contributed by atoms with Crippen LogP contribution in [0.25, 0.3) is 0 Å². The van der Waals surface area contributed by atoms with Crippen molar-refractivity contribution < 1.29 is 14.3 Å². The van der Waals surface area contributed by atoms with E-state index in [1.807, 2.05) is 6.07 Å². The van der Waals surface area contributed by atoms with Gasteiger partial charge in [0.1, 0.15) is 12.4 Å². The minimum atomic E-state index is -1.03. The molecule has 1 aromatic rings. The second kappa shape index (κ2) is 5.05. The topological polar surface area (TPSA) is 64.3 Å². The highest BCUT2D eigenvalue weighted by atomic mass is 19.1. The molecule has 0 spiro atoms. The van der Waals surface area contributed by atoms with E-state index in [1.54, 1.807) is 20.8 Å². The largest absolute Gasteiger partial charge is 0.480 e. The molecule has 0 aliphatic heterocycles. The summed E-state index contributed by atoms with van der Waals surface area (Å²) in [5.74, 6) is -1.63. The molecule has 0 saturated carbocycles. The summed E-state index contributed by atoms with van der Waals surface area (Å²) in [5, 5.41) is 17.6. The van der Waals surface area contributed by atoms with E-state index in [9.17, 15) is 9.18 Å². The van der Waals surface area contributed by atoms with Crippen LogP contribution in [-0.4, -0.2) is 23.2 Å². The molecular formula is C13H15FN2O2. The Kier molecular flexibility index (Phi) is 3.92. The Morgan fingerprint density at radius 2 is 2.11 bits per heavy atom. The van der Waals surface area contributed by atoms with Gasteiger partial charge < -0.3 is 10.0 Å². The van der Waals surface area contributed by atoms with Gasteiger partial charge in [0.25, 0.3) is 0 Å². The Morgan fingerprint density at radius 3 is 2.50 bits per heavy atom. The van der Waals surface area contributed by atoms with Gasteiger partial charge in [-0.15, -0.1) is 0 Å². The van der Waals surface area contributed by atoms with Crippen molar-refractivity contribution in [3.05, 3.63) is 29.6 Å². The van der Waals surface area contributed by atoms with E-state index in [1.165, 1.54) is 17.0 Å².